The molecule has 2 heterocycles. The van der Waals surface area contributed by atoms with E-state index in [1.807, 2.05) is 6.92 Å². The Labute approximate surface area is 115 Å². The first-order valence-corrected chi connectivity index (χ1v) is 6.41. The lowest BCUT2D eigenvalue weighted by atomic mass is 10.3. The Hall–Kier alpha value is -2.45. The third-order valence-electron chi connectivity index (χ3n) is 2.94. The molecule has 0 saturated heterocycles. The molecule has 108 valence electrons. The van der Waals surface area contributed by atoms with Gasteiger partial charge in [0.1, 0.15) is 5.69 Å². The first-order chi connectivity index (χ1) is 9.63. The minimum absolute atomic E-state index is 0.0655. The number of aromatic nitrogens is 5. The van der Waals surface area contributed by atoms with Crippen LogP contribution in [0.3, 0.4) is 0 Å². The SMILES string of the molecule is CCc1nn(C)c(NCCCn2ccnn2)c1[N+](=O)[O-]. The van der Waals surface area contributed by atoms with Gasteiger partial charge in [-0.25, -0.2) is 4.68 Å². The largest absolute Gasteiger partial charge is 0.364 e. The second-order valence-corrected chi connectivity index (χ2v) is 4.32. The van der Waals surface area contributed by atoms with Crippen molar-refractivity contribution in [1.29, 1.82) is 0 Å². The highest BCUT2D eigenvalue weighted by Gasteiger charge is 2.24. The summed E-state index contributed by atoms with van der Waals surface area (Å²) in [5.41, 5.74) is 0.562. The maximum absolute atomic E-state index is 11.1. The van der Waals surface area contributed by atoms with Gasteiger partial charge < -0.3 is 5.32 Å². The van der Waals surface area contributed by atoms with E-state index in [9.17, 15) is 10.1 Å². The number of aryl methyl sites for hydroxylation is 3. The van der Waals surface area contributed by atoms with Crippen LogP contribution in [0.25, 0.3) is 0 Å². The van der Waals surface area contributed by atoms with Gasteiger partial charge in [0.05, 0.1) is 11.1 Å². The van der Waals surface area contributed by atoms with Crippen LogP contribution in [0.5, 0.6) is 0 Å². The molecule has 0 aliphatic heterocycles. The summed E-state index contributed by atoms with van der Waals surface area (Å²) in [6.45, 7) is 3.16. The fourth-order valence-corrected chi connectivity index (χ4v) is 2.00. The molecule has 1 N–H and O–H groups in total. The minimum atomic E-state index is -0.383. The molecule has 2 aromatic rings. The van der Waals surface area contributed by atoms with Gasteiger partial charge in [-0.3, -0.25) is 14.8 Å². The number of hydrogen-bond acceptors (Lipinski definition) is 6. The van der Waals surface area contributed by atoms with Crippen LogP contribution in [-0.2, 0) is 20.0 Å². The summed E-state index contributed by atoms with van der Waals surface area (Å²) in [5.74, 6) is 0.449. The second kappa shape index (κ2) is 6.13. The summed E-state index contributed by atoms with van der Waals surface area (Å²) in [5, 5.41) is 25.9. The van der Waals surface area contributed by atoms with Crippen molar-refractivity contribution in [2.24, 2.45) is 7.05 Å². The van der Waals surface area contributed by atoms with Crippen molar-refractivity contribution in [3.63, 3.8) is 0 Å². The summed E-state index contributed by atoms with van der Waals surface area (Å²) in [6.07, 6.45) is 4.71. The lowest BCUT2D eigenvalue weighted by Gasteiger charge is -2.05. The number of nitrogens with zero attached hydrogens (tertiary/aromatic N) is 6. The molecule has 0 amide bonds. The molecule has 0 atom stereocenters. The van der Waals surface area contributed by atoms with E-state index < -0.39 is 0 Å². The highest BCUT2D eigenvalue weighted by Crippen LogP contribution is 2.28. The van der Waals surface area contributed by atoms with Gasteiger partial charge in [-0.15, -0.1) is 5.10 Å². The van der Waals surface area contributed by atoms with Crippen LogP contribution in [0.4, 0.5) is 11.5 Å². The van der Waals surface area contributed by atoms with Gasteiger partial charge in [0, 0.05) is 26.3 Å². The Morgan fingerprint density at radius 2 is 2.30 bits per heavy atom. The first-order valence-electron chi connectivity index (χ1n) is 6.41. The van der Waals surface area contributed by atoms with E-state index in [4.69, 9.17) is 0 Å². The van der Waals surface area contributed by atoms with Crippen LogP contribution in [0.2, 0.25) is 0 Å². The highest BCUT2D eigenvalue weighted by molar-refractivity contribution is 5.59. The van der Waals surface area contributed by atoms with Crippen molar-refractivity contribution in [1.82, 2.24) is 24.8 Å². The van der Waals surface area contributed by atoms with Gasteiger partial charge in [0.15, 0.2) is 0 Å². The van der Waals surface area contributed by atoms with Gasteiger partial charge in [-0.2, -0.15) is 5.10 Å². The molecule has 0 fully saturated rings. The molecule has 0 saturated carbocycles. The third kappa shape index (κ3) is 2.92. The maximum atomic E-state index is 11.1. The van der Waals surface area contributed by atoms with E-state index in [-0.39, 0.29) is 10.6 Å². The van der Waals surface area contributed by atoms with Crippen LogP contribution in [0.15, 0.2) is 12.4 Å². The smallest absolute Gasteiger partial charge is 0.333 e. The van der Waals surface area contributed by atoms with Crippen molar-refractivity contribution in [2.75, 3.05) is 11.9 Å². The highest BCUT2D eigenvalue weighted by atomic mass is 16.6. The number of anilines is 1. The zero-order valence-electron chi connectivity index (χ0n) is 11.5. The molecule has 0 aromatic carbocycles. The van der Waals surface area contributed by atoms with Crippen LogP contribution in [0, 0.1) is 10.1 Å². The fraction of sp³-hybridized carbons (Fsp3) is 0.545. The summed E-state index contributed by atoms with van der Waals surface area (Å²) in [4.78, 5) is 10.7. The summed E-state index contributed by atoms with van der Waals surface area (Å²) in [7, 11) is 1.70. The number of nitrogens with one attached hydrogen (secondary N) is 1. The average Bonchev–Trinajstić information content (AvgIpc) is 3.02. The quantitative estimate of drug-likeness (QED) is 0.460. The summed E-state index contributed by atoms with van der Waals surface area (Å²) in [6, 6.07) is 0. The van der Waals surface area contributed by atoms with Crippen LogP contribution in [-0.4, -0.2) is 36.2 Å². The minimum Gasteiger partial charge on any atom is -0.364 e. The van der Waals surface area contributed by atoms with Crippen molar-refractivity contribution in [2.45, 2.75) is 26.3 Å². The van der Waals surface area contributed by atoms with Crippen molar-refractivity contribution < 1.29 is 4.92 Å². The molecule has 0 aliphatic rings. The number of rotatable bonds is 7. The van der Waals surface area contributed by atoms with Crippen molar-refractivity contribution in [3.8, 4) is 0 Å². The molecule has 0 unspecified atom stereocenters. The standard InChI is InChI=1S/C11H17N7O2/c1-3-9-10(18(19)20)11(16(2)14-9)12-5-4-7-17-8-6-13-15-17/h6,8,12H,3-5,7H2,1-2H3. The Morgan fingerprint density at radius 1 is 1.50 bits per heavy atom. The van der Waals surface area contributed by atoms with Gasteiger partial charge in [0.25, 0.3) is 0 Å². The molecule has 0 spiro atoms. The van der Waals surface area contributed by atoms with E-state index >= 15 is 0 Å². The molecule has 9 heteroatoms. The summed E-state index contributed by atoms with van der Waals surface area (Å²) < 4.78 is 3.24. The predicted molar refractivity (Wildman–Crippen MR) is 72.4 cm³/mol. The van der Waals surface area contributed by atoms with E-state index in [1.165, 1.54) is 4.68 Å². The second-order valence-electron chi connectivity index (χ2n) is 4.32. The number of nitro groups is 1. The molecule has 0 bridgehead atoms. The molecule has 20 heavy (non-hydrogen) atoms. The van der Waals surface area contributed by atoms with Gasteiger partial charge in [0.2, 0.25) is 5.82 Å². The maximum Gasteiger partial charge on any atom is 0.333 e. The van der Waals surface area contributed by atoms with E-state index in [2.05, 4.69) is 20.7 Å². The monoisotopic (exact) mass is 279 g/mol. The molecule has 0 aliphatic carbocycles. The van der Waals surface area contributed by atoms with E-state index in [0.717, 1.165) is 6.42 Å². The molecule has 2 aromatic heterocycles. The lowest BCUT2D eigenvalue weighted by Crippen LogP contribution is -2.10. The molecule has 0 radical (unpaired) electrons. The van der Waals surface area contributed by atoms with Gasteiger partial charge >= 0.3 is 5.69 Å². The normalized spacial score (nSPS) is 10.7. The lowest BCUT2D eigenvalue weighted by molar-refractivity contribution is -0.384. The van der Waals surface area contributed by atoms with Gasteiger partial charge in [-0.05, 0) is 12.8 Å². The van der Waals surface area contributed by atoms with Crippen LogP contribution < -0.4 is 5.32 Å². The Kier molecular flexibility index (Phi) is 4.28. The zero-order chi connectivity index (χ0) is 14.5. The average molecular weight is 279 g/mol. The molecule has 2 rings (SSSR count). The third-order valence-corrected chi connectivity index (χ3v) is 2.94. The van der Waals surface area contributed by atoms with Crippen LogP contribution >= 0.6 is 0 Å². The van der Waals surface area contributed by atoms with Crippen molar-refractivity contribution in [3.05, 3.63) is 28.2 Å². The van der Waals surface area contributed by atoms with E-state index in [0.29, 0.717) is 31.0 Å². The Morgan fingerprint density at radius 3 is 2.90 bits per heavy atom. The van der Waals surface area contributed by atoms with Gasteiger partial charge in [-0.1, -0.05) is 12.1 Å². The topological polar surface area (TPSA) is 104 Å². The molecular weight excluding hydrogens is 262 g/mol. The van der Waals surface area contributed by atoms with Crippen molar-refractivity contribution >= 4 is 11.5 Å². The Bertz CT molecular complexity index is 576. The number of hydrogen-bond donors (Lipinski definition) is 1. The van der Waals surface area contributed by atoms with E-state index in [1.54, 1.807) is 24.1 Å². The molecular formula is C11H17N7O2. The fourth-order valence-electron chi connectivity index (χ4n) is 2.00. The zero-order valence-corrected chi connectivity index (χ0v) is 11.5. The summed E-state index contributed by atoms with van der Waals surface area (Å²) >= 11 is 0. The van der Waals surface area contributed by atoms with Crippen LogP contribution in [0.1, 0.15) is 19.0 Å². The predicted octanol–water partition coefficient (Wildman–Crippen LogP) is 0.984. The molecule has 9 nitrogen and oxygen atoms in total. The Balaban J connectivity index is 1.98. The first kappa shape index (κ1) is 14.0.